The first-order valence-electron chi connectivity index (χ1n) is 7.06. The summed E-state index contributed by atoms with van der Waals surface area (Å²) in [5.74, 6) is 1.40. The molecule has 0 fully saturated rings. The average Bonchev–Trinajstić information content (AvgIpc) is 2.72. The normalized spacial score (nSPS) is 12.4. The van der Waals surface area contributed by atoms with E-state index in [1.54, 1.807) is 17.1 Å². The lowest BCUT2D eigenvalue weighted by atomic mass is 10.2. The van der Waals surface area contributed by atoms with Gasteiger partial charge in [0.25, 0.3) is 0 Å². The molecule has 2 aromatic rings. The first-order chi connectivity index (χ1) is 10.1. The van der Waals surface area contributed by atoms with Gasteiger partial charge in [-0.05, 0) is 32.4 Å². The summed E-state index contributed by atoms with van der Waals surface area (Å²) < 4.78 is 7.63. The Balaban J connectivity index is 2.13. The van der Waals surface area contributed by atoms with Gasteiger partial charge in [-0.3, -0.25) is 4.98 Å². The summed E-state index contributed by atoms with van der Waals surface area (Å²) in [4.78, 5) is 4.05. The zero-order valence-electron chi connectivity index (χ0n) is 12.7. The van der Waals surface area contributed by atoms with Crippen molar-refractivity contribution in [2.24, 2.45) is 7.05 Å². The highest BCUT2D eigenvalue weighted by molar-refractivity contribution is 5.34. The van der Waals surface area contributed by atoms with Gasteiger partial charge in [-0.15, -0.1) is 0 Å². The molecule has 0 aliphatic rings. The van der Waals surface area contributed by atoms with E-state index in [1.807, 2.05) is 33.0 Å². The Kier molecular flexibility index (Phi) is 5.30. The van der Waals surface area contributed by atoms with Crippen LogP contribution in [-0.2, 0) is 13.6 Å². The summed E-state index contributed by atoms with van der Waals surface area (Å²) in [5, 5.41) is 16.7. The lowest BCUT2D eigenvalue weighted by molar-refractivity contribution is 0.268. The van der Waals surface area contributed by atoms with Crippen molar-refractivity contribution in [2.75, 3.05) is 6.61 Å². The van der Waals surface area contributed by atoms with Crippen LogP contribution in [-0.4, -0.2) is 32.5 Å². The molecule has 0 spiro atoms. The molecular weight excluding hydrogens is 268 g/mol. The molecule has 114 valence electrons. The summed E-state index contributed by atoms with van der Waals surface area (Å²) in [7, 11) is 1.86. The number of aliphatic hydroxyl groups excluding tert-OH is 1. The largest absolute Gasteiger partial charge is 0.437 e. The Hall–Kier alpha value is -1.92. The van der Waals surface area contributed by atoms with Gasteiger partial charge in [0.15, 0.2) is 0 Å². The van der Waals surface area contributed by atoms with Gasteiger partial charge in [0.2, 0.25) is 5.88 Å². The number of hydrogen-bond acceptors (Lipinski definition) is 5. The quantitative estimate of drug-likeness (QED) is 0.813. The zero-order valence-corrected chi connectivity index (χ0v) is 12.7. The van der Waals surface area contributed by atoms with E-state index in [1.165, 1.54) is 0 Å². The van der Waals surface area contributed by atoms with Crippen molar-refractivity contribution >= 4 is 0 Å². The second-order valence-corrected chi connectivity index (χ2v) is 5.08. The van der Waals surface area contributed by atoms with Gasteiger partial charge >= 0.3 is 0 Å². The van der Waals surface area contributed by atoms with E-state index in [4.69, 9.17) is 9.84 Å². The molecule has 0 amide bonds. The van der Waals surface area contributed by atoms with Crippen LogP contribution in [0.4, 0.5) is 0 Å². The fourth-order valence-electron chi connectivity index (χ4n) is 2.10. The molecule has 0 saturated heterocycles. The van der Waals surface area contributed by atoms with Crippen LogP contribution in [0, 0.1) is 6.92 Å². The Labute approximate surface area is 124 Å². The van der Waals surface area contributed by atoms with Crippen LogP contribution in [0.5, 0.6) is 11.6 Å². The third-order valence-electron chi connectivity index (χ3n) is 3.33. The number of aliphatic hydroxyl groups is 1. The van der Waals surface area contributed by atoms with Crippen molar-refractivity contribution < 1.29 is 9.84 Å². The van der Waals surface area contributed by atoms with E-state index in [0.29, 0.717) is 18.2 Å². The van der Waals surface area contributed by atoms with E-state index in [9.17, 15) is 0 Å². The van der Waals surface area contributed by atoms with Gasteiger partial charge in [-0.1, -0.05) is 0 Å². The number of rotatable bonds is 7. The number of hydrogen-bond donors (Lipinski definition) is 2. The van der Waals surface area contributed by atoms with Crippen molar-refractivity contribution in [1.29, 1.82) is 0 Å². The molecular formula is C15H22N4O2. The average molecular weight is 290 g/mol. The lowest BCUT2D eigenvalue weighted by Gasteiger charge is -2.13. The van der Waals surface area contributed by atoms with Crippen LogP contribution in [0.15, 0.2) is 24.5 Å². The summed E-state index contributed by atoms with van der Waals surface area (Å²) in [6.07, 6.45) is 4.10. The molecule has 0 bridgehead atoms. The minimum absolute atomic E-state index is 0.180. The van der Waals surface area contributed by atoms with Crippen molar-refractivity contribution in [3.8, 4) is 11.6 Å². The first-order valence-corrected chi connectivity index (χ1v) is 7.06. The van der Waals surface area contributed by atoms with Gasteiger partial charge in [0, 0.05) is 32.4 Å². The Bertz CT molecular complexity index is 569. The molecule has 0 radical (unpaired) electrons. The number of aryl methyl sites for hydroxylation is 2. The Morgan fingerprint density at radius 1 is 1.48 bits per heavy atom. The molecule has 0 aliphatic carbocycles. The van der Waals surface area contributed by atoms with Crippen molar-refractivity contribution in [3.05, 3.63) is 35.8 Å². The van der Waals surface area contributed by atoms with Crippen molar-refractivity contribution in [1.82, 2.24) is 20.1 Å². The summed E-state index contributed by atoms with van der Waals surface area (Å²) in [5.41, 5.74) is 1.95. The smallest absolute Gasteiger partial charge is 0.222 e. The number of ether oxygens (including phenoxy) is 1. The molecule has 1 atom stereocenters. The topological polar surface area (TPSA) is 72.2 Å². The molecule has 1 unspecified atom stereocenters. The predicted octanol–water partition coefficient (Wildman–Crippen LogP) is 1.78. The van der Waals surface area contributed by atoms with Gasteiger partial charge in [-0.2, -0.15) is 5.10 Å². The molecule has 6 nitrogen and oxygen atoms in total. The molecule has 6 heteroatoms. The predicted molar refractivity (Wildman–Crippen MR) is 80.3 cm³/mol. The van der Waals surface area contributed by atoms with E-state index >= 15 is 0 Å². The summed E-state index contributed by atoms with van der Waals surface area (Å²) in [6.45, 7) is 4.84. The fourth-order valence-corrected chi connectivity index (χ4v) is 2.10. The number of aromatic nitrogens is 3. The first kappa shape index (κ1) is 15.5. The minimum atomic E-state index is 0.180. The number of pyridine rings is 1. The molecule has 0 aromatic carbocycles. The molecule has 21 heavy (non-hydrogen) atoms. The van der Waals surface area contributed by atoms with Gasteiger partial charge in [0.05, 0.1) is 17.5 Å². The third-order valence-corrected chi connectivity index (χ3v) is 3.33. The highest BCUT2D eigenvalue weighted by Crippen LogP contribution is 2.26. The molecule has 2 heterocycles. The van der Waals surface area contributed by atoms with Gasteiger partial charge < -0.3 is 15.2 Å². The molecule has 0 saturated carbocycles. The zero-order chi connectivity index (χ0) is 15.2. The summed E-state index contributed by atoms with van der Waals surface area (Å²) in [6, 6.07) is 3.93. The Morgan fingerprint density at radius 2 is 2.29 bits per heavy atom. The molecule has 0 aliphatic heterocycles. The van der Waals surface area contributed by atoms with Gasteiger partial charge in [-0.25, -0.2) is 4.68 Å². The Morgan fingerprint density at radius 3 is 2.95 bits per heavy atom. The van der Waals surface area contributed by atoms with E-state index in [2.05, 4.69) is 15.4 Å². The van der Waals surface area contributed by atoms with E-state index < -0.39 is 0 Å². The van der Waals surface area contributed by atoms with E-state index in [0.717, 1.165) is 17.7 Å². The SMILES string of the molecule is Cc1nn(C)c(Oc2cccnc2)c1CNC(C)CCO. The maximum atomic E-state index is 8.95. The maximum absolute atomic E-state index is 8.95. The third kappa shape index (κ3) is 4.03. The van der Waals surface area contributed by atoms with Crippen LogP contribution in [0.2, 0.25) is 0 Å². The minimum Gasteiger partial charge on any atom is -0.437 e. The summed E-state index contributed by atoms with van der Waals surface area (Å²) >= 11 is 0. The van der Waals surface area contributed by atoms with E-state index in [-0.39, 0.29) is 12.6 Å². The number of nitrogens with zero attached hydrogens (tertiary/aromatic N) is 3. The molecule has 2 aromatic heterocycles. The van der Waals surface area contributed by atoms with Crippen LogP contribution < -0.4 is 10.1 Å². The standard InChI is InChI=1S/C15H22N4O2/c1-11(6-8-20)17-10-14-12(2)18-19(3)15(14)21-13-5-4-7-16-9-13/h4-5,7,9,11,17,20H,6,8,10H2,1-3H3. The number of nitrogens with one attached hydrogen (secondary N) is 1. The second-order valence-electron chi connectivity index (χ2n) is 5.08. The monoisotopic (exact) mass is 290 g/mol. The highest BCUT2D eigenvalue weighted by atomic mass is 16.5. The lowest BCUT2D eigenvalue weighted by Crippen LogP contribution is -2.26. The van der Waals surface area contributed by atoms with Crippen molar-refractivity contribution in [2.45, 2.75) is 32.9 Å². The second kappa shape index (κ2) is 7.19. The van der Waals surface area contributed by atoms with Crippen molar-refractivity contribution in [3.63, 3.8) is 0 Å². The highest BCUT2D eigenvalue weighted by Gasteiger charge is 2.16. The fraction of sp³-hybridized carbons (Fsp3) is 0.467. The van der Waals surface area contributed by atoms with Crippen LogP contribution >= 0.6 is 0 Å². The maximum Gasteiger partial charge on any atom is 0.222 e. The van der Waals surface area contributed by atoms with Gasteiger partial charge in [0.1, 0.15) is 5.75 Å². The van der Waals surface area contributed by atoms with Crippen LogP contribution in [0.3, 0.4) is 0 Å². The molecule has 2 N–H and O–H groups in total. The van der Waals surface area contributed by atoms with Crippen LogP contribution in [0.1, 0.15) is 24.6 Å². The molecule has 2 rings (SSSR count). The van der Waals surface area contributed by atoms with Crippen LogP contribution in [0.25, 0.3) is 0 Å².